The molecule has 0 aromatic heterocycles. The number of likely N-dealkylation sites (tertiary alicyclic amines) is 1. The highest BCUT2D eigenvalue weighted by Crippen LogP contribution is 2.14. The van der Waals surface area contributed by atoms with Gasteiger partial charge in [-0.15, -0.1) is 0 Å². The molecule has 0 unspecified atom stereocenters. The molecule has 0 aliphatic carbocycles. The highest BCUT2D eigenvalue weighted by Gasteiger charge is 2.18. The lowest BCUT2D eigenvalue weighted by molar-refractivity contribution is -0.132. The molecule has 0 saturated carbocycles. The van der Waals surface area contributed by atoms with Gasteiger partial charge in [-0.05, 0) is 61.7 Å². The minimum Gasteiger partial charge on any atom is -0.484 e. The maximum atomic E-state index is 12.0. The zero-order valence-corrected chi connectivity index (χ0v) is 15.9. The van der Waals surface area contributed by atoms with Crippen molar-refractivity contribution in [1.82, 2.24) is 10.3 Å². The molecule has 0 spiro atoms. The van der Waals surface area contributed by atoms with Crippen molar-refractivity contribution in [3.63, 3.8) is 0 Å². The zero-order chi connectivity index (χ0) is 19.8. The number of ether oxygens (including phenoxy) is 1. The fourth-order valence-corrected chi connectivity index (χ4v) is 2.87. The highest BCUT2D eigenvalue weighted by atomic mass is 16.5. The third kappa shape index (κ3) is 5.57. The van der Waals surface area contributed by atoms with Gasteiger partial charge in [-0.1, -0.05) is 18.2 Å². The lowest BCUT2D eigenvalue weighted by Gasteiger charge is -2.15. The van der Waals surface area contributed by atoms with Gasteiger partial charge in [0, 0.05) is 18.8 Å². The Bertz CT molecular complexity index is 828. The summed E-state index contributed by atoms with van der Waals surface area (Å²) < 4.78 is 5.57. The van der Waals surface area contributed by atoms with Crippen molar-refractivity contribution in [2.75, 3.05) is 25.0 Å². The number of rotatable bonds is 6. The standard InChI is InChI=1S/C21H24N4O3/c1-16(23-24-21(27)22-18-7-3-2-4-8-18)17-9-11-19(12-10-17)28-15-20(26)25-13-5-6-14-25/h2-4,7-12H,5-6,13-15H2,1H3,(H2,22,24,27)/b23-16-. The first-order chi connectivity index (χ1) is 13.6. The Morgan fingerprint density at radius 3 is 2.39 bits per heavy atom. The van der Waals surface area contributed by atoms with Crippen LogP contribution < -0.4 is 15.5 Å². The number of nitrogens with zero attached hydrogens (tertiary/aromatic N) is 2. The Balaban J connectivity index is 1.48. The van der Waals surface area contributed by atoms with Gasteiger partial charge in [-0.3, -0.25) is 4.79 Å². The second-order valence-corrected chi connectivity index (χ2v) is 6.53. The number of hydrogen-bond donors (Lipinski definition) is 2. The first kappa shape index (κ1) is 19.4. The molecule has 7 nitrogen and oxygen atoms in total. The van der Waals surface area contributed by atoms with Gasteiger partial charge < -0.3 is 15.0 Å². The molecule has 0 atom stereocenters. The summed E-state index contributed by atoms with van der Waals surface area (Å²) in [7, 11) is 0. The maximum Gasteiger partial charge on any atom is 0.339 e. The fourth-order valence-electron chi connectivity index (χ4n) is 2.87. The van der Waals surface area contributed by atoms with Crippen molar-refractivity contribution in [2.24, 2.45) is 5.10 Å². The molecule has 2 N–H and O–H groups in total. The quantitative estimate of drug-likeness (QED) is 0.596. The number of benzene rings is 2. The van der Waals surface area contributed by atoms with Crippen molar-refractivity contribution in [3.05, 3.63) is 60.2 Å². The Kier molecular flexibility index (Phi) is 6.62. The average molecular weight is 380 g/mol. The van der Waals surface area contributed by atoms with Gasteiger partial charge in [0.15, 0.2) is 6.61 Å². The van der Waals surface area contributed by atoms with E-state index in [1.165, 1.54) is 0 Å². The zero-order valence-electron chi connectivity index (χ0n) is 15.9. The maximum absolute atomic E-state index is 12.0. The minimum atomic E-state index is -0.411. The Morgan fingerprint density at radius 2 is 1.71 bits per heavy atom. The van der Waals surface area contributed by atoms with E-state index in [-0.39, 0.29) is 12.5 Å². The second-order valence-electron chi connectivity index (χ2n) is 6.53. The lowest BCUT2D eigenvalue weighted by atomic mass is 10.1. The van der Waals surface area contributed by atoms with E-state index in [4.69, 9.17) is 4.74 Å². The minimum absolute atomic E-state index is 0.0212. The molecule has 1 aliphatic heterocycles. The van der Waals surface area contributed by atoms with Crippen LogP contribution in [0.3, 0.4) is 0 Å². The van der Waals surface area contributed by atoms with E-state index in [1.54, 1.807) is 31.2 Å². The number of hydrazone groups is 1. The topological polar surface area (TPSA) is 83.0 Å². The molecule has 2 aromatic rings. The molecule has 3 amide bonds. The molecule has 3 rings (SSSR count). The van der Waals surface area contributed by atoms with Crippen LogP contribution in [0.1, 0.15) is 25.3 Å². The summed E-state index contributed by atoms with van der Waals surface area (Å²) in [6.07, 6.45) is 2.13. The number of hydrogen-bond acceptors (Lipinski definition) is 4. The van der Waals surface area contributed by atoms with Crippen LogP contribution in [-0.4, -0.2) is 42.2 Å². The van der Waals surface area contributed by atoms with Crippen LogP contribution in [0.2, 0.25) is 0 Å². The second kappa shape index (κ2) is 9.55. The monoisotopic (exact) mass is 380 g/mol. The van der Waals surface area contributed by atoms with Crippen LogP contribution in [0.5, 0.6) is 5.75 Å². The van der Waals surface area contributed by atoms with Crippen LogP contribution in [-0.2, 0) is 4.79 Å². The van der Waals surface area contributed by atoms with Crippen molar-refractivity contribution in [2.45, 2.75) is 19.8 Å². The average Bonchev–Trinajstić information content (AvgIpc) is 3.26. The first-order valence-electron chi connectivity index (χ1n) is 9.29. The third-order valence-corrected chi connectivity index (χ3v) is 4.45. The fraction of sp³-hybridized carbons (Fsp3) is 0.286. The number of carbonyl (C=O) groups excluding carboxylic acids is 2. The van der Waals surface area contributed by atoms with Crippen LogP contribution >= 0.6 is 0 Å². The molecule has 0 radical (unpaired) electrons. The van der Waals surface area contributed by atoms with Crippen molar-refractivity contribution in [1.29, 1.82) is 0 Å². The Labute approximate surface area is 164 Å². The number of anilines is 1. The van der Waals surface area contributed by atoms with E-state index in [0.717, 1.165) is 31.5 Å². The van der Waals surface area contributed by atoms with E-state index >= 15 is 0 Å². The number of para-hydroxylation sites is 1. The summed E-state index contributed by atoms with van der Waals surface area (Å²) in [5, 5.41) is 6.79. The van der Waals surface area contributed by atoms with Gasteiger partial charge in [0.2, 0.25) is 0 Å². The van der Waals surface area contributed by atoms with Crippen LogP contribution in [0, 0.1) is 0 Å². The summed E-state index contributed by atoms with van der Waals surface area (Å²) in [5.41, 5.74) is 4.67. The molecule has 146 valence electrons. The molecule has 0 bridgehead atoms. The Morgan fingerprint density at radius 1 is 1.04 bits per heavy atom. The molecule has 28 heavy (non-hydrogen) atoms. The SMILES string of the molecule is C/C(=N/NC(=O)Nc1ccccc1)c1ccc(OCC(=O)N2CCCC2)cc1. The van der Waals surface area contributed by atoms with Gasteiger partial charge in [0.1, 0.15) is 5.75 Å². The number of carbonyl (C=O) groups is 2. The highest BCUT2D eigenvalue weighted by molar-refractivity contribution is 6.00. The van der Waals surface area contributed by atoms with Gasteiger partial charge in [0.25, 0.3) is 5.91 Å². The van der Waals surface area contributed by atoms with Gasteiger partial charge in [0.05, 0.1) is 5.71 Å². The Hall–Kier alpha value is -3.35. The third-order valence-electron chi connectivity index (χ3n) is 4.45. The van der Waals surface area contributed by atoms with Crippen molar-refractivity contribution >= 4 is 23.3 Å². The molecule has 1 heterocycles. The molecule has 1 fully saturated rings. The van der Waals surface area contributed by atoms with E-state index in [2.05, 4.69) is 15.8 Å². The van der Waals surface area contributed by atoms with E-state index in [9.17, 15) is 9.59 Å². The van der Waals surface area contributed by atoms with E-state index in [0.29, 0.717) is 17.1 Å². The predicted octanol–water partition coefficient (Wildman–Crippen LogP) is 3.23. The van der Waals surface area contributed by atoms with E-state index < -0.39 is 6.03 Å². The van der Waals surface area contributed by atoms with Gasteiger partial charge >= 0.3 is 6.03 Å². The number of urea groups is 1. The molecular formula is C21H24N4O3. The normalized spacial score (nSPS) is 13.9. The summed E-state index contributed by atoms with van der Waals surface area (Å²) in [5.74, 6) is 0.645. The van der Waals surface area contributed by atoms with E-state index in [1.807, 2.05) is 35.2 Å². The summed E-state index contributed by atoms with van der Waals surface area (Å²) in [6, 6.07) is 16.0. The van der Waals surface area contributed by atoms with Crippen molar-refractivity contribution in [3.8, 4) is 5.75 Å². The molecule has 2 aromatic carbocycles. The largest absolute Gasteiger partial charge is 0.484 e. The summed E-state index contributed by atoms with van der Waals surface area (Å²) >= 11 is 0. The lowest BCUT2D eigenvalue weighted by Crippen LogP contribution is -2.32. The van der Waals surface area contributed by atoms with Crippen molar-refractivity contribution < 1.29 is 14.3 Å². The summed E-state index contributed by atoms with van der Waals surface area (Å²) in [6.45, 7) is 3.49. The van der Waals surface area contributed by atoms with Crippen LogP contribution in [0.15, 0.2) is 59.7 Å². The van der Waals surface area contributed by atoms with Crippen LogP contribution in [0.25, 0.3) is 0 Å². The van der Waals surface area contributed by atoms with Crippen LogP contribution in [0.4, 0.5) is 10.5 Å². The first-order valence-corrected chi connectivity index (χ1v) is 9.29. The smallest absolute Gasteiger partial charge is 0.339 e. The summed E-state index contributed by atoms with van der Waals surface area (Å²) in [4.78, 5) is 25.7. The molecule has 1 aliphatic rings. The molecule has 1 saturated heterocycles. The molecule has 7 heteroatoms. The number of nitrogens with one attached hydrogen (secondary N) is 2. The predicted molar refractivity (Wildman–Crippen MR) is 109 cm³/mol. The number of amides is 3. The van der Waals surface area contributed by atoms with Gasteiger partial charge in [-0.25, -0.2) is 10.2 Å². The van der Waals surface area contributed by atoms with Gasteiger partial charge in [-0.2, -0.15) is 5.10 Å². The molecular weight excluding hydrogens is 356 g/mol.